The van der Waals surface area contributed by atoms with Crippen LogP contribution in [0.2, 0.25) is 0 Å². The van der Waals surface area contributed by atoms with Crippen molar-refractivity contribution in [2.45, 2.75) is 0 Å². The van der Waals surface area contributed by atoms with E-state index in [4.69, 9.17) is 0 Å². The molecule has 0 aliphatic carbocycles. The molecule has 0 saturated carbocycles. The summed E-state index contributed by atoms with van der Waals surface area (Å²) in [5.74, 6) is 0. The molecule has 33 valence electrons. The number of hydrogen-bond donors (Lipinski definition) is 0. The number of hydrogen-bond acceptors (Lipinski definition) is 0. The fraction of sp³-hybridized carbons (Fsp3) is 0. The van der Waals surface area contributed by atoms with Crippen molar-refractivity contribution in [3.8, 4) is 0 Å². The van der Waals surface area contributed by atoms with Crippen LogP contribution in [0, 0.1) is 0 Å². The summed E-state index contributed by atoms with van der Waals surface area (Å²) in [5.41, 5.74) is 0. The molecule has 0 unspecified atom stereocenters. The van der Waals surface area contributed by atoms with Gasteiger partial charge in [-0.25, -0.2) is 0 Å². The Labute approximate surface area is 61.9 Å². The Morgan fingerprint density at radius 2 is 1.00 bits per heavy atom. The normalized spacial score (nSPS) is 0. The van der Waals surface area contributed by atoms with Crippen LogP contribution < -0.4 is 0 Å². The van der Waals surface area contributed by atoms with Gasteiger partial charge in [0.15, 0.2) is 17.4 Å². The first-order valence-corrected chi connectivity index (χ1v) is 0. The van der Waals surface area contributed by atoms with Crippen LogP contribution >= 0.6 is 0 Å². The second-order valence-electron chi connectivity index (χ2n) is 0. The van der Waals surface area contributed by atoms with Gasteiger partial charge in [0, 0.05) is 33.8 Å². The minimum absolute atomic E-state index is 0. The molecule has 0 saturated heterocycles. The van der Waals surface area contributed by atoms with Gasteiger partial charge < -0.3 is 0 Å². The van der Waals surface area contributed by atoms with E-state index in [9.17, 15) is 0 Å². The maximum Gasteiger partial charge on any atom is 0.187 e. The molecule has 0 bridgehead atoms. The average Bonchev–Trinajstić information content (AvgIpc) is 0. The van der Waals surface area contributed by atoms with Gasteiger partial charge in [0.1, 0.15) is 0 Å². The van der Waals surface area contributed by atoms with E-state index >= 15 is 0 Å². The maximum absolute atomic E-state index is 0. The molecule has 4 heteroatoms. The summed E-state index contributed by atoms with van der Waals surface area (Å²) in [6, 6.07) is 0. The monoisotopic (exact) mass is 183 g/mol. The third kappa shape index (κ3) is 9.23. The zero-order chi connectivity index (χ0) is 0. The molecule has 0 fully saturated rings. The van der Waals surface area contributed by atoms with E-state index in [1.54, 1.807) is 0 Å². The Balaban J connectivity index is 0. The van der Waals surface area contributed by atoms with Gasteiger partial charge in [-0.2, -0.15) is 0 Å². The van der Waals surface area contributed by atoms with Crippen molar-refractivity contribution in [2.24, 2.45) is 0 Å². The average molecular weight is 184 g/mol. The van der Waals surface area contributed by atoms with Gasteiger partial charge in [-0.3, -0.25) is 0 Å². The summed E-state index contributed by atoms with van der Waals surface area (Å²) in [6.45, 7) is 0. The SMILES string of the molecule is [AlH3].[Co].[Cu].[SiH3]. The van der Waals surface area contributed by atoms with E-state index in [2.05, 4.69) is 0 Å². The maximum atomic E-state index is 0. The van der Waals surface area contributed by atoms with Crippen LogP contribution in [0.3, 0.4) is 0 Å². The summed E-state index contributed by atoms with van der Waals surface area (Å²) in [6.07, 6.45) is 0. The summed E-state index contributed by atoms with van der Waals surface area (Å²) < 4.78 is 0. The summed E-state index contributed by atoms with van der Waals surface area (Å²) in [7, 11) is 0. The van der Waals surface area contributed by atoms with E-state index in [0.717, 1.165) is 0 Å². The molecule has 3 radical (unpaired) electrons. The Hall–Kier alpha value is 1.78. The smallest absolute Gasteiger partial charge is 0.0125 e. The van der Waals surface area contributed by atoms with Gasteiger partial charge in [-0.05, 0) is 11.0 Å². The van der Waals surface area contributed by atoms with Crippen molar-refractivity contribution in [1.82, 2.24) is 0 Å². The topological polar surface area (TPSA) is 0 Å². The number of rotatable bonds is 0. The molecule has 0 aromatic rings. The van der Waals surface area contributed by atoms with Crippen LogP contribution in [0.1, 0.15) is 0 Å². The Kier molecular flexibility index (Phi) is 226. The predicted octanol–water partition coefficient (Wildman–Crippen LogP) is -2.37. The molecule has 0 atom stereocenters. The molecule has 0 aliphatic heterocycles. The van der Waals surface area contributed by atoms with E-state index < -0.39 is 0 Å². The fourth-order valence-electron chi connectivity index (χ4n) is 0. The van der Waals surface area contributed by atoms with Gasteiger partial charge in [-0.15, -0.1) is 0 Å². The quantitative estimate of drug-likeness (QED) is 0.369. The van der Waals surface area contributed by atoms with Crippen LogP contribution in [0.15, 0.2) is 0 Å². The largest absolute Gasteiger partial charge is 0.187 e. The van der Waals surface area contributed by atoms with Gasteiger partial charge in [0.25, 0.3) is 0 Å². The molecule has 4 heavy (non-hydrogen) atoms. The third-order valence-electron chi connectivity index (χ3n) is 0. The molecule has 0 spiro atoms. The second-order valence-corrected chi connectivity index (χ2v) is 0. The zero-order valence-corrected chi connectivity index (χ0v) is 5.62. The van der Waals surface area contributed by atoms with Crippen molar-refractivity contribution in [2.75, 3.05) is 0 Å². The summed E-state index contributed by atoms with van der Waals surface area (Å²) >= 11 is 0. The van der Waals surface area contributed by atoms with Crippen LogP contribution in [-0.4, -0.2) is 28.3 Å². The van der Waals surface area contributed by atoms with Crippen LogP contribution in [0.5, 0.6) is 0 Å². The molecule has 0 heterocycles. The molecular formula is H6AlCoCuSi. The Morgan fingerprint density at radius 1 is 1.00 bits per heavy atom. The van der Waals surface area contributed by atoms with Crippen LogP contribution in [0.4, 0.5) is 0 Å². The zero-order valence-electron chi connectivity index (χ0n) is 1.63. The van der Waals surface area contributed by atoms with Crippen molar-refractivity contribution in [1.29, 1.82) is 0 Å². The minimum Gasteiger partial charge on any atom is -0.0125 e. The van der Waals surface area contributed by atoms with E-state index in [0.29, 0.717) is 0 Å². The predicted molar refractivity (Wildman–Crippen MR) is 19.9 cm³/mol. The van der Waals surface area contributed by atoms with Gasteiger partial charge in [0.05, 0.1) is 0 Å². The molecule has 0 N–H and O–H groups in total. The Bertz CT molecular complexity index is 8.00. The molecular weight excluding hydrogens is 178 g/mol. The van der Waals surface area contributed by atoms with E-state index in [1.165, 1.54) is 0 Å². The molecule has 0 aliphatic rings. The van der Waals surface area contributed by atoms with Crippen LogP contribution in [-0.2, 0) is 33.8 Å². The van der Waals surface area contributed by atoms with Gasteiger partial charge in [-0.1, -0.05) is 0 Å². The van der Waals surface area contributed by atoms with Crippen molar-refractivity contribution in [3.63, 3.8) is 0 Å². The summed E-state index contributed by atoms with van der Waals surface area (Å²) in [5, 5.41) is 0. The fourth-order valence-corrected chi connectivity index (χ4v) is 0. The minimum atomic E-state index is 0. The molecule has 0 aromatic heterocycles. The van der Waals surface area contributed by atoms with Gasteiger partial charge in [0.2, 0.25) is 0 Å². The van der Waals surface area contributed by atoms with Crippen molar-refractivity contribution < 1.29 is 33.8 Å². The van der Waals surface area contributed by atoms with Crippen molar-refractivity contribution in [3.05, 3.63) is 0 Å². The molecule has 0 aromatic carbocycles. The van der Waals surface area contributed by atoms with E-state index in [1.807, 2.05) is 0 Å². The Morgan fingerprint density at radius 3 is 1.00 bits per heavy atom. The van der Waals surface area contributed by atoms with Gasteiger partial charge >= 0.3 is 0 Å². The van der Waals surface area contributed by atoms with Crippen LogP contribution in [0.25, 0.3) is 0 Å². The first kappa shape index (κ1) is 41.8. The molecule has 0 rings (SSSR count). The first-order valence-electron chi connectivity index (χ1n) is 0. The third-order valence-corrected chi connectivity index (χ3v) is 0. The first-order chi connectivity index (χ1) is 0. The van der Waals surface area contributed by atoms with E-state index in [-0.39, 0.29) is 62.2 Å². The molecule has 0 nitrogen and oxygen atoms in total. The summed E-state index contributed by atoms with van der Waals surface area (Å²) in [4.78, 5) is 0. The second kappa shape index (κ2) is 21.6. The molecule has 0 amide bonds. The van der Waals surface area contributed by atoms with Crippen molar-refractivity contribution >= 4 is 28.3 Å². The standard InChI is InChI=1S/Al.Co.Cu.H3Si.3H/h;;;1H3;;;.